The first-order chi connectivity index (χ1) is 8.90. The van der Waals surface area contributed by atoms with E-state index >= 15 is 0 Å². The molecule has 1 unspecified atom stereocenters. The number of ether oxygens (including phenoxy) is 2. The molecule has 0 aromatic heterocycles. The van der Waals surface area contributed by atoms with Gasteiger partial charge in [0.2, 0.25) is 10.0 Å². The zero-order chi connectivity index (χ0) is 14.5. The van der Waals surface area contributed by atoms with E-state index < -0.39 is 10.0 Å². The average Bonchev–Trinajstić information content (AvgIpc) is 2.32. The molecule has 1 aromatic rings. The largest absolute Gasteiger partial charge is 0.486 e. The number of benzene rings is 1. The van der Waals surface area contributed by atoms with Crippen LogP contribution in [0.4, 0.5) is 5.69 Å². The lowest BCUT2D eigenvalue weighted by Gasteiger charge is -2.16. The third-order valence-corrected chi connectivity index (χ3v) is 3.90. The molecule has 0 radical (unpaired) electrons. The van der Waals surface area contributed by atoms with Crippen molar-refractivity contribution in [1.82, 2.24) is 4.72 Å². The van der Waals surface area contributed by atoms with Crippen LogP contribution in [0.5, 0.6) is 5.75 Å². The molecule has 108 valence electrons. The summed E-state index contributed by atoms with van der Waals surface area (Å²) >= 11 is 0. The Balaban J connectivity index is 3.01. The standard InChI is InChI=1S/C12H20N2O4S/c1-4-14-19(15,16)10-5-6-11(13)12(7-10)18-9(2)8-17-3/h5-7,9,14H,4,8,13H2,1-3H3. The predicted molar refractivity (Wildman–Crippen MR) is 73.7 cm³/mol. The molecule has 1 atom stereocenters. The molecule has 6 nitrogen and oxygen atoms in total. The molecule has 0 bridgehead atoms. The molecular formula is C12H20N2O4S. The van der Waals surface area contributed by atoms with Crippen molar-refractivity contribution in [3.8, 4) is 5.75 Å². The summed E-state index contributed by atoms with van der Waals surface area (Å²) < 4.78 is 36.7. The van der Waals surface area contributed by atoms with E-state index in [9.17, 15) is 8.42 Å². The minimum atomic E-state index is -3.51. The third-order valence-electron chi connectivity index (χ3n) is 2.36. The lowest BCUT2D eigenvalue weighted by atomic mass is 10.3. The molecule has 0 heterocycles. The molecule has 0 aliphatic heterocycles. The van der Waals surface area contributed by atoms with Gasteiger partial charge in [0.15, 0.2) is 0 Å². The van der Waals surface area contributed by atoms with Crippen LogP contribution in [0.25, 0.3) is 0 Å². The van der Waals surface area contributed by atoms with Crippen molar-refractivity contribution in [2.24, 2.45) is 0 Å². The van der Waals surface area contributed by atoms with Crippen molar-refractivity contribution in [2.45, 2.75) is 24.8 Å². The number of hydrogen-bond donors (Lipinski definition) is 2. The van der Waals surface area contributed by atoms with Gasteiger partial charge < -0.3 is 15.2 Å². The molecule has 0 spiro atoms. The van der Waals surface area contributed by atoms with Crippen molar-refractivity contribution >= 4 is 15.7 Å². The first-order valence-corrected chi connectivity index (χ1v) is 7.43. The number of anilines is 1. The van der Waals surface area contributed by atoms with Gasteiger partial charge in [0, 0.05) is 19.7 Å². The summed E-state index contributed by atoms with van der Waals surface area (Å²) in [6, 6.07) is 4.37. The molecule has 1 rings (SSSR count). The van der Waals surface area contributed by atoms with E-state index in [1.807, 2.05) is 6.92 Å². The number of rotatable bonds is 7. The Kier molecular flexibility index (Phi) is 5.59. The van der Waals surface area contributed by atoms with E-state index in [2.05, 4.69) is 4.72 Å². The first-order valence-electron chi connectivity index (χ1n) is 5.95. The fourth-order valence-electron chi connectivity index (χ4n) is 1.54. The Morgan fingerprint density at radius 3 is 2.68 bits per heavy atom. The van der Waals surface area contributed by atoms with Crippen molar-refractivity contribution in [3.63, 3.8) is 0 Å². The van der Waals surface area contributed by atoms with Gasteiger partial charge in [-0.15, -0.1) is 0 Å². The van der Waals surface area contributed by atoms with Crippen LogP contribution >= 0.6 is 0 Å². The lowest BCUT2D eigenvalue weighted by Crippen LogP contribution is -2.23. The molecule has 3 N–H and O–H groups in total. The minimum Gasteiger partial charge on any atom is -0.486 e. The Labute approximate surface area is 113 Å². The number of nitrogens with one attached hydrogen (secondary N) is 1. The van der Waals surface area contributed by atoms with Crippen LogP contribution in [0.1, 0.15) is 13.8 Å². The summed E-state index contributed by atoms with van der Waals surface area (Å²) in [7, 11) is -1.95. The highest BCUT2D eigenvalue weighted by atomic mass is 32.2. The van der Waals surface area contributed by atoms with Crippen molar-refractivity contribution < 1.29 is 17.9 Å². The van der Waals surface area contributed by atoms with Crippen LogP contribution in [0.2, 0.25) is 0 Å². The van der Waals surface area contributed by atoms with Crippen LogP contribution in [0.3, 0.4) is 0 Å². The summed E-state index contributed by atoms with van der Waals surface area (Å²) in [6.07, 6.45) is -0.218. The molecule has 0 aliphatic carbocycles. The number of nitrogen functional groups attached to an aromatic ring is 1. The maximum Gasteiger partial charge on any atom is 0.240 e. The minimum absolute atomic E-state index is 0.128. The van der Waals surface area contributed by atoms with E-state index in [1.54, 1.807) is 14.0 Å². The number of hydrogen-bond acceptors (Lipinski definition) is 5. The van der Waals surface area contributed by atoms with Crippen molar-refractivity contribution in [2.75, 3.05) is 26.0 Å². The molecule has 0 saturated carbocycles. The van der Waals surface area contributed by atoms with E-state index in [0.717, 1.165) is 0 Å². The van der Waals surface area contributed by atoms with Gasteiger partial charge in [-0.3, -0.25) is 0 Å². The Morgan fingerprint density at radius 1 is 1.42 bits per heavy atom. The van der Waals surface area contributed by atoms with Gasteiger partial charge in [0.25, 0.3) is 0 Å². The van der Waals surface area contributed by atoms with E-state index in [4.69, 9.17) is 15.2 Å². The smallest absolute Gasteiger partial charge is 0.240 e. The second kappa shape index (κ2) is 6.74. The molecular weight excluding hydrogens is 268 g/mol. The van der Waals surface area contributed by atoms with Gasteiger partial charge in [0.1, 0.15) is 11.9 Å². The lowest BCUT2D eigenvalue weighted by molar-refractivity contribution is 0.0924. The normalized spacial score (nSPS) is 13.2. The predicted octanol–water partition coefficient (Wildman–Crippen LogP) is 0.981. The topological polar surface area (TPSA) is 90.7 Å². The van der Waals surface area contributed by atoms with Crippen LogP contribution in [-0.2, 0) is 14.8 Å². The van der Waals surface area contributed by atoms with E-state index in [-0.39, 0.29) is 11.0 Å². The highest BCUT2D eigenvalue weighted by Gasteiger charge is 2.16. The highest BCUT2D eigenvalue weighted by Crippen LogP contribution is 2.26. The van der Waals surface area contributed by atoms with Crippen molar-refractivity contribution in [1.29, 1.82) is 0 Å². The molecule has 1 aromatic carbocycles. The van der Waals surface area contributed by atoms with Crippen LogP contribution < -0.4 is 15.2 Å². The fraction of sp³-hybridized carbons (Fsp3) is 0.500. The Morgan fingerprint density at radius 2 is 2.11 bits per heavy atom. The quantitative estimate of drug-likeness (QED) is 0.730. The van der Waals surface area contributed by atoms with E-state index in [0.29, 0.717) is 24.6 Å². The highest BCUT2D eigenvalue weighted by molar-refractivity contribution is 7.89. The molecule has 0 aliphatic rings. The number of nitrogens with two attached hydrogens (primary N) is 1. The first kappa shape index (κ1) is 15.7. The van der Waals surface area contributed by atoms with Crippen LogP contribution in [0, 0.1) is 0 Å². The second-order valence-corrected chi connectivity index (χ2v) is 5.85. The number of sulfonamides is 1. The summed E-state index contributed by atoms with van der Waals surface area (Å²) in [5.41, 5.74) is 6.16. The van der Waals surface area contributed by atoms with Crippen LogP contribution in [0.15, 0.2) is 23.1 Å². The van der Waals surface area contributed by atoms with Gasteiger partial charge in [-0.05, 0) is 19.1 Å². The summed E-state index contributed by atoms with van der Waals surface area (Å²) in [5, 5.41) is 0. The Bertz CT molecular complexity index is 516. The SMILES string of the molecule is CCNS(=O)(=O)c1ccc(N)c(OC(C)COC)c1. The van der Waals surface area contributed by atoms with Gasteiger partial charge in [-0.2, -0.15) is 0 Å². The molecule has 19 heavy (non-hydrogen) atoms. The second-order valence-electron chi connectivity index (χ2n) is 4.08. The number of methoxy groups -OCH3 is 1. The molecule has 0 saturated heterocycles. The van der Waals surface area contributed by atoms with E-state index in [1.165, 1.54) is 18.2 Å². The zero-order valence-electron chi connectivity index (χ0n) is 11.3. The molecule has 0 amide bonds. The maximum absolute atomic E-state index is 11.9. The van der Waals surface area contributed by atoms with Gasteiger partial charge >= 0.3 is 0 Å². The van der Waals surface area contributed by atoms with Crippen LogP contribution in [-0.4, -0.2) is 34.8 Å². The summed E-state index contributed by atoms with van der Waals surface area (Å²) in [4.78, 5) is 0.128. The van der Waals surface area contributed by atoms with Gasteiger partial charge in [-0.1, -0.05) is 6.92 Å². The van der Waals surface area contributed by atoms with Crippen molar-refractivity contribution in [3.05, 3.63) is 18.2 Å². The van der Waals surface area contributed by atoms with Gasteiger partial charge in [-0.25, -0.2) is 13.1 Å². The monoisotopic (exact) mass is 288 g/mol. The maximum atomic E-state index is 11.9. The summed E-state index contributed by atoms with van der Waals surface area (Å²) in [6.45, 7) is 4.24. The average molecular weight is 288 g/mol. The van der Waals surface area contributed by atoms with Gasteiger partial charge in [0.05, 0.1) is 17.2 Å². The fourth-order valence-corrected chi connectivity index (χ4v) is 2.60. The molecule has 7 heteroatoms. The Hall–Kier alpha value is -1.31. The summed E-state index contributed by atoms with van der Waals surface area (Å²) in [5.74, 6) is 0.337. The molecule has 0 fully saturated rings. The zero-order valence-corrected chi connectivity index (χ0v) is 12.2. The third kappa shape index (κ3) is 4.38.